The van der Waals surface area contributed by atoms with Gasteiger partial charge in [-0.05, 0) is 30.5 Å². The fourth-order valence-electron chi connectivity index (χ4n) is 3.18. The van der Waals surface area contributed by atoms with Crippen LogP contribution in [0.3, 0.4) is 0 Å². The fourth-order valence-corrected chi connectivity index (χ4v) is 3.18. The van der Waals surface area contributed by atoms with Gasteiger partial charge >= 0.3 is 5.97 Å². The number of carboxylic acids is 1. The van der Waals surface area contributed by atoms with Crippen LogP contribution in [0.5, 0.6) is 0 Å². The quantitative estimate of drug-likeness (QED) is 0.939. The molecule has 2 heterocycles. The SMILES string of the molecule is CC(C)C1(C(=O)O)CCN(C(=O)c2ccc3nccnc3c2)C1. The van der Waals surface area contributed by atoms with E-state index in [9.17, 15) is 14.7 Å². The van der Waals surface area contributed by atoms with E-state index in [0.717, 1.165) is 5.52 Å². The van der Waals surface area contributed by atoms with E-state index in [1.165, 1.54) is 0 Å². The molecule has 120 valence electrons. The smallest absolute Gasteiger partial charge is 0.311 e. The number of aromatic nitrogens is 2. The Bertz CT molecular complexity index is 775. The number of fused-ring (bicyclic) bond motifs is 1. The molecule has 23 heavy (non-hydrogen) atoms. The Hall–Kier alpha value is -2.50. The normalized spacial score (nSPS) is 21.1. The van der Waals surface area contributed by atoms with Gasteiger partial charge in [-0.25, -0.2) is 0 Å². The summed E-state index contributed by atoms with van der Waals surface area (Å²) in [5, 5.41) is 9.59. The zero-order chi connectivity index (χ0) is 16.6. The second-order valence-electron chi connectivity index (χ2n) is 6.35. The molecule has 1 atom stereocenters. The summed E-state index contributed by atoms with van der Waals surface area (Å²) in [6.45, 7) is 4.50. The van der Waals surface area contributed by atoms with E-state index >= 15 is 0 Å². The van der Waals surface area contributed by atoms with E-state index in [4.69, 9.17) is 0 Å². The highest BCUT2D eigenvalue weighted by atomic mass is 16.4. The first kappa shape index (κ1) is 15.4. The molecular formula is C17H19N3O3. The van der Waals surface area contributed by atoms with Crippen LogP contribution < -0.4 is 0 Å². The van der Waals surface area contributed by atoms with Crippen LogP contribution in [0.1, 0.15) is 30.6 Å². The fraction of sp³-hybridized carbons (Fsp3) is 0.412. The summed E-state index contributed by atoms with van der Waals surface area (Å²) >= 11 is 0. The molecule has 0 radical (unpaired) electrons. The van der Waals surface area contributed by atoms with Crippen molar-refractivity contribution in [3.8, 4) is 0 Å². The predicted molar refractivity (Wildman–Crippen MR) is 85.0 cm³/mol. The van der Waals surface area contributed by atoms with Crippen molar-refractivity contribution in [3.05, 3.63) is 36.2 Å². The highest BCUT2D eigenvalue weighted by Gasteiger charge is 2.48. The van der Waals surface area contributed by atoms with Gasteiger partial charge in [0.05, 0.1) is 16.4 Å². The summed E-state index contributed by atoms with van der Waals surface area (Å²) in [5.74, 6) is -1.01. The Morgan fingerprint density at radius 3 is 2.52 bits per heavy atom. The van der Waals surface area contributed by atoms with E-state index in [1.54, 1.807) is 35.5 Å². The molecule has 0 bridgehead atoms. The summed E-state index contributed by atoms with van der Waals surface area (Å²) in [5.41, 5.74) is 1.05. The number of likely N-dealkylation sites (tertiary alicyclic amines) is 1. The highest BCUT2D eigenvalue weighted by Crippen LogP contribution is 2.38. The molecule has 0 spiro atoms. The van der Waals surface area contributed by atoms with E-state index < -0.39 is 11.4 Å². The van der Waals surface area contributed by atoms with Crippen molar-refractivity contribution >= 4 is 22.9 Å². The Morgan fingerprint density at radius 1 is 1.22 bits per heavy atom. The highest BCUT2D eigenvalue weighted by molar-refractivity contribution is 5.97. The minimum Gasteiger partial charge on any atom is -0.481 e. The van der Waals surface area contributed by atoms with Gasteiger partial charge in [0.1, 0.15) is 0 Å². The molecule has 3 rings (SSSR count). The number of carbonyl (C=O) groups excluding carboxylic acids is 1. The van der Waals surface area contributed by atoms with Gasteiger partial charge < -0.3 is 10.0 Å². The molecule has 1 aromatic carbocycles. The largest absolute Gasteiger partial charge is 0.481 e. The molecule has 1 saturated heterocycles. The van der Waals surface area contributed by atoms with Gasteiger partial charge in [-0.15, -0.1) is 0 Å². The van der Waals surface area contributed by atoms with Crippen molar-refractivity contribution in [2.45, 2.75) is 20.3 Å². The van der Waals surface area contributed by atoms with Gasteiger partial charge in [-0.1, -0.05) is 13.8 Å². The van der Waals surface area contributed by atoms with Crippen molar-refractivity contribution in [1.82, 2.24) is 14.9 Å². The van der Waals surface area contributed by atoms with Crippen LogP contribution in [0.2, 0.25) is 0 Å². The number of carbonyl (C=O) groups is 2. The Morgan fingerprint density at radius 2 is 1.91 bits per heavy atom. The molecule has 1 unspecified atom stereocenters. The monoisotopic (exact) mass is 313 g/mol. The second-order valence-corrected chi connectivity index (χ2v) is 6.35. The average Bonchev–Trinajstić information content (AvgIpc) is 3.00. The number of amides is 1. The molecule has 1 fully saturated rings. The first-order valence-corrected chi connectivity index (χ1v) is 7.67. The first-order valence-electron chi connectivity index (χ1n) is 7.67. The Balaban J connectivity index is 1.87. The summed E-state index contributed by atoms with van der Waals surface area (Å²) in [7, 11) is 0. The Kier molecular flexibility index (Phi) is 3.75. The van der Waals surface area contributed by atoms with Gasteiger partial charge in [0.15, 0.2) is 0 Å². The molecule has 1 N–H and O–H groups in total. The maximum absolute atomic E-state index is 12.7. The third kappa shape index (κ3) is 2.54. The maximum atomic E-state index is 12.7. The lowest BCUT2D eigenvalue weighted by Crippen LogP contribution is -2.40. The number of nitrogens with zero attached hydrogens (tertiary/aromatic N) is 3. The minimum atomic E-state index is -0.855. The average molecular weight is 313 g/mol. The number of hydrogen-bond donors (Lipinski definition) is 1. The predicted octanol–water partition coefficient (Wildman–Crippen LogP) is 2.20. The van der Waals surface area contributed by atoms with Crippen molar-refractivity contribution in [1.29, 1.82) is 0 Å². The van der Waals surface area contributed by atoms with E-state index in [2.05, 4.69) is 9.97 Å². The van der Waals surface area contributed by atoms with Crippen LogP contribution in [0.4, 0.5) is 0 Å². The van der Waals surface area contributed by atoms with E-state index in [1.807, 2.05) is 13.8 Å². The van der Waals surface area contributed by atoms with Crippen molar-refractivity contribution in [3.63, 3.8) is 0 Å². The summed E-state index contributed by atoms with van der Waals surface area (Å²) < 4.78 is 0. The second kappa shape index (κ2) is 5.61. The summed E-state index contributed by atoms with van der Waals surface area (Å²) in [6, 6.07) is 5.19. The molecule has 1 aromatic heterocycles. The summed E-state index contributed by atoms with van der Waals surface area (Å²) in [4.78, 5) is 34.4. The number of carboxylic acid groups (broad SMARTS) is 1. The van der Waals surface area contributed by atoms with Gasteiger partial charge in [0.2, 0.25) is 0 Å². The topological polar surface area (TPSA) is 83.4 Å². The molecular weight excluding hydrogens is 294 g/mol. The lowest BCUT2D eigenvalue weighted by Gasteiger charge is -2.28. The molecule has 1 amide bonds. The standard InChI is InChI=1S/C17H19N3O3/c1-11(2)17(16(22)23)5-8-20(10-17)15(21)12-3-4-13-14(9-12)19-7-6-18-13/h3-4,6-7,9,11H,5,8,10H2,1-2H3,(H,22,23). The first-order chi connectivity index (χ1) is 10.9. The minimum absolute atomic E-state index is 0.0275. The van der Waals surface area contributed by atoms with E-state index in [-0.39, 0.29) is 18.4 Å². The van der Waals surface area contributed by atoms with E-state index in [0.29, 0.717) is 24.0 Å². The number of aliphatic carboxylic acids is 1. The molecule has 1 aliphatic rings. The van der Waals surface area contributed by atoms with Crippen LogP contribution in [-0.2, 0) is 4.79 Å². The van der Waals surface area contributed by atoms with Crippen LogP contribution in [0, 0.1) is 11.3 Å². The van der Waals surface area contributed by atoms with Gasteiger partial charge in [-0.2, -0.15) is 0 Å². The van der Waals surface area contributed by atoms with Gasteiger partial charge in [-0.3, -0.25) is 19.6 Å². The van der Waals surface area contributed by atoms with Crippen LogP contribution in [0.15, 0.2) is 30.6 Å². The van der Waals surface area contributed by atoms with Crippen LogP contribution in [-0.4, -0.2) is 44.9 Å². The molecule has 1 aliphatic heterocycles. The third-order valence-corrected chi connectivity index (χ3v) is 4.84. The number of rotatable bonds is 3. The van der Waals surface area contributed by atoms with Crippen LogP contribution in [0.25, 0.3) is 11.0 Å². The zero-order valence-electron chi connectivity index (χ0n) is 13.2. The van der Waals surface area contributed by atoms with Crippen molar-refractivity contribution < 1.29 is 14.7 Å². The number of benzene rings is 1. The maximum Gasteiger partial charge on any atom is 0.311 e. The summed E-state index contributed by atoms with van der Waals surface area (Å²) in [6.07, 6.45) is 3.67. The molecule has 6 nitrogen and oxygen atoms in total. The zero-order valence-corrected chi connectivity index (χ0v) is 13.2. The molecule has 0 saturated carbocycles. The number of hydrogen-bond acceptors (Lipinski definition) is 4. The Labute approximate surface area is 134 Å². The van der Waals surface area contributed by atoms with Gasteiger partial charge in [0, 0.05) is 31.0 Å². The third-order valence-electron chi connectivity index (χ3n) is 4.84. The van der Waals surface area contributed by atoms with Gasteiger partial charge in [0.25, 0.3) is 5.91 Å². The van der Waals surface area contributed by atoms with Crippen molar-refractivity contribution in [2.75, 3.05) is 13.1 Å². The van der Waals surface area contributed by atoms with Crippen molar-refractivity contribution in [2.24, 2.45) is 11.3 Å². The molecule has 6 heteroatoms. The lowest BCUT2D eigenvalue weighted by atomic mass is 9.76. The van der Waals surface area contributed by atoms with Crippen LogP contribution >= 0.6 is 0 Å². The molecule has 2 aromatic rings. The molecule has 0 aliphatic carbocycles. The lowest BCUT2D eigenvalue weighted by molar-refractivity contribution is -0.150.